The largest absolute Gasteiger partial charge is 0.455 e. The molecule has 0 spiro atoms. The van der Waals surface area contributed by atoms with Crippen LogP contribution < -0.4 is 11.3 Å². The Balaban J connectivity index is 2.46. The molecule has 1 aromatic rings. The van der Waals surface area contributed by atoms with Crippen LogP contribution in [0.15, 0.2) is 16.5 Å². The van der Waals surface area contributed by atoms with Crippen LogP contribution in [0, 0.1) is 0 Å². The molecule has 1 rings (SSSR count). The lowest BCUT2D eigenvalue weighted by molar-refractivity contribution is 0.0922. The molecule has 6 heteroatoms. The topological polar surface area (TPSA) is 74.7 Å². The zero-order valence-corrected chi connectivity index (χ0v) is 10.6. The zero-order chi connectivity index (χ0) is 12.8. The van der Waals surface area contributed by atoms with Gasteiger partial charge in [0.25, 0.3) is 0 Å². The predicted molar refractivity (Wildman–Crippen MR) is 65.2 cm³/mol. The third kappa shape index (κ3) is 4.56. The average Bonchev–Trinajstić information content (AvgIpc) is 2.73. The van der Waals surface area contributed by atoms with Gasteiger partial charge in [-0.2, -0.15) is 0 Å². The number of nitrogens with one attached hydrogen (secondary N) is 1. The van der Waals surface area contributed by atoms with E-state index in [1.165, 1.54) is 0 Å². The molecular weight excluding hydrogens is 220 g/mol. The van der Waals surface area contributed by atoms with Gasteiger partial charge < -0.3 is 9.32 Å². The Morgan fingerprint density at radius 3 is 2.65 bits per heavy atom. The highest BCUT2D eigenvalue weighted by molar-refractivity contribution is 5.90. The van der Waals surface area contributed by atoms with Gasteiger partial charge in [0.1, 0.15) is 5.76 Å². The molecule has 1 aromatic heterocycles. The van der Waals surface area contributed by atoms with Crippen LogP contribution in [0.4, 0.5) is 0 Å². The first-order valence-corrected chi connectivity index (χ1v) is 5.46. The second-order valence-corrected chi connectivity index (χ2v) is 4.28. The molecule has 0 aliphatic rings. The summed E-state index contributed by atoms with van der Waals surface area (Å²) in [7, 11) is 6.07. The van der Waals surface area contributed by atoms with Crippen LogP contribution in [0.2, 0.25) is 0 Å². The van der Waals surface area contributed by atoms with Crippen LogP contribution in [0.5, 0.6) is 0 Å². The average molecular weight is 240 g/mol. The van der Waals surface area contributed by atoms with E-state index in [2.05, 4.69) is 9.80 Å². The number of furan rings is 1. The maximum Gasteiger partial charge on any atom is 0.300 e. The number of carbonyl (C=O) groups excluding carboxylic acids is 1. The number of carbonyl (C=O) groups is 1. The number of likely N-dealkylation sites (N-methyl/N-ethyl adjacent to an activating group) is 2. The lowest BCUT2D eigenvalue weighted by atomic mass is 10.4. The normalized spacial score (nSPS) is 11.2. The van der Waals surface area contributed by atoms with Crippen LogP contribution in [-0.2, 0) is 6.54 Å². The molecule has 96 valence electrons. The van der Waals surface area contributed by atoms with Crippen LogP contribution in [-0.4, -0.2) is 49.9 Å². The van der Waals surface area contributed by atoms with Crippen molar-refractivity contribution in [3.63, 3.8) is 0 Å². The minimum absolute atomic E-state index is 0.239. The molecule has 1 amide bonds. The quantitative estimate of drug-likeness (QED) is 0.412. The third-order valence-corrected chi connectivity index (χ3v) is 2.37. The Labute approximate surface area is 101 Å². The second kappa shape index (κ2) is 6.39. The van der Waals surface area contributed by atoms with Gasteiger partial charge in [-0.15, -0.1) is 0 Å². The number of hydrogen-bond donors (Lipinski definition) is 2. The SMILES string of the molecule is CN(C)CCN(C)Cc1ccc(C(=O)NN)o1. The summed E-state index contributed by atoms with van der Waals surface area (Å²) in [6.45, 7) is 2.59. The van der Waals surface area contributed by atoms with Gasteiger partial charge in [-0.25, -0.2) is 5.84 Å². The first kappa shape index (κ1) is 13.7. The molecule has 6 nitrogen and oxygen atoms in total. The van der Waals surface area contributed by atoms with Crippen LogP contribution in [0.1, 0.15) is 16.3 Å². The van der Waals surface area contributed by atoms with Gasteiger partial charge in [0.2, 0.25) is 0 Å². The smallest absolute Gasteiger partial charge is 0.300 e. The molecule has 0 radical (unpaired) electrons. The van der Waals surface area contributed by atoms with Gasteiger partial charge in [0.05, 0.1) is 6.54 Å². The molecule has 1 heterocycles. The summed E-state index contributed by atoms with van der Waals surface area (Å²) < 4.78 is 5.37. The summed E-state index contributed by atoms with van der Waals surface area (Å²) in [4.78, 5) is 15.4. The first-order valence-electron chi connectivity index (χ1n) is 5.46. The van der Waals surface area contributed by atoms with E-state index >= 15 is 0 Å². The maximum atomic E-state index is 11.2. The number of hydrogen-bond acceptors (Lipinski definition) is 5. The van der Waals surface area contributed by atoms with E-state index in [1.807, 2.05) is 26.6 Å². The van der Waals surface area contributed by atoms with E-state index in [0.29, 0.717) is 6.54 Å². The van der Waals surface area contributed by atoms with Crippen molar-refractivity contribution in [3.8, 4) is 0 Å². The van der Waals surface area contributed by atoms with Crippen molar-refractivity contribution in [2.75, 3.05) is 34.2 Å². The van der Waals surface area contributed by atoms with Crippen LogP contribution >= 0.6 is 0 Å². The Kier molecular flexibility index (Phi) is 5.14. The standard InChI is InChI=1S/C11H20N4O2/c1-14(2)6-7-15(3)8-9-4-5-10(17-9)11(16)13-12/h4-5H,6-8,12H2,1-3H3,(H,13,16). The number of nitrogens with zero attached hydrogens (tertiary/aromatic N) is 2. The van der Waals surface area contributed by atoms with Gasteiger partial charge >= 0.3 is 5.91 Å². The molecule has 3 N–H and O–H groups in total. The fourth-order valence-electron chi connectivity index (χ4n) is 1.37. The Bertz CT molecular complexity index is 362. The van der Waals surface area contributed by atoms with Gasteiger partial charge in [-0.1, -0.05) is 0 Å². The molecule has 0 fully saturated rings. The summed E-state index contributed by atoms with van der Waals surface area (Å²) in [5, 5.41) is 0. The highest BCUT2D eigenvalue weighted by Crippen LogP contribution is 2.09. The molecule has 0 aliphatic heterocycles. The van der Waals surface area contributed by atoms with Crippen LogP contribution in [0.3, 0.4) is 0 Å². The van der Waals surface area contributed by atoms with Crippen LogP contribution in [0.25, 0.3) is 0 Å². The fourth-order valence-corrected chi connectivity index (χ4v) is 1.37. The van der Waals surface area contributed by atoms with Crippen molar-refractivity contribution in [1.82, 2.24) is 15.2 Å². The van der Waals surface area contributed by atoms with Crippen molar-refractivity contribution in [2.24, 2.45) is 5.84 Å². The molecular formula is C11H20N4O2. The summed E-state index contributed by atoms with van der Waals surface area (Å²) >= 11 is 0. The fraction of sp³-hybridized carbons (Fsp3) is 0.545. The van der Waals surface area contributed by atoms with Crippen molar-refractivity contribution in [3.05, 3.63) is 23.7 Å². The molecule has 0 aliphatic carbocycles. The van der Waals surface area contributed by atoms with Crippen molar-refractivity contribution < 1.29 is 9.21 Å². The van der Waals surface area contributed by atoms with Gasteiger partial charge in [-0.3, -0.25) is 15.1 Å². The number of amides is 1. The second-order valence-electron chi connectivity index (χ2n) is 4.28. The molecule has 0 saturated carbocycles. The first-order chi connectivity index (χ1) is 8.02. The molecule has 0 unspecified atom stereocenters. The maximum absolute atomic E-state index is 11.2. The van der Waals surface area contributed by atoms with E-state index < -0.39 is 5.91 Å². The lowest BCUT2D eigenvalue weighted by Gasteiger charge is -2.17. The number of nitrogens with two attached hydrogens (primary N) is 1. The monoisotopic (exact) mass is 240 g/mol. The van der Waals surface area contributed by atoms with E-state index in [9.17, 15) is 4.79 Å². The molecule has 0 bridgehead atoms. The highest BCUT2D eigenvalue weighted by atomic mass is 16.4. The van der Waals surface area contributed by atoms with Crippen molar-refractivity contribution in [1.29, 1.82) is 0 Å². The number of nitrogen functional groups attached to an aromatic ring is 1. The highest BCUT2D eigenvalue weighted by Gasteiger charge is 2.10. The van der Waals surface area contributed by atoms with E-state index in [4.69, 9.17) is 10.3 Å². The van der Waals surface area contributed by atoms with E-state index in [0.717, 1.165) is 18.8 Å². The lowest BCUT2D eigenvalue weighted by Crippen LogP contribution is -2.29. The van der Waals surface area contributed by atoms with Crippen molar-refractivity contribution >= 4 is 5.91 Å². The Morgan fingerprint density at radius 1 is 1.35 bits per heavy atom. The summed E-state index contributed by atoms with van der Waals surface area (Å²) in [6, 6.07) is 3.41. The van der Waals surface area contributed by atoms with Gasteiger partial charge in [-0.05, 0) is 33.3 Å². The Morgan fingerprint density at radius 2 is 2.06 bits per heavy atom. The minimum atomic E-state index is -0.410. The zero-order valence-electron chi connectivity index (χ0n) is 10.6. The third-order valence-electron chi connectivity index (χ3n) is 2.37. The Hall–Kier alpha value is -1.37. The summed E-state index contributed by atoms with van der Waals surface area (Å²) in [6.07, 6.45) is 0. The summed E-state index contributed by atoms with van der Waals surface area (Å²) in [5.74, 6) is 5.60. The molecule has 0 atom stereocenters. The molecule has 0 aromatic carbocycles. The van der Waals surface area contributed by atoms with Gasteiger partial charge in [0, 0.05) is 13.1 Å². The number of hydrazine groups is 1. The van der Waals surface area contributed by atoms with E-state index in [1.54, 1.807) is 12.1 Å². The van der Waals surface area contributed by atoms with Crippen molar-refractivity contribution in [2.45, 2.75) is 6.54 Å². The number of rotatable bonds is 6. The summed E-state index contributed by atoms with van der Waals surface area (Å²) in [5.41, 5.74) is 2.04. The minimum Gasteiger partial charge on any atom is -0.455 e. The predicted octanol–water partition coefficient (Wildman–Crippen LogP) is -0.123. The van der Waals surface area contributed by atoms with Gasteiger partial charge in [0.15, 0.2) is 5.76 Å². The molecule has 0 saturated heterocycles. The van der Waals surface area contributed by atoms with E-state index in [-0.39, 0.29) is 5.76 Å². The molecule has 17 heavy (non-hydrogen) atoms.